The second-order valence-corrected chi connectivity index (χ2v) is 3.44. The van der Waals surface area contributed by atoms with Gasteiger partial charge < -0.3 is 4.90 Å². The van der Waals surface area contributed by atoms with Crippen molar-refractivity contribution in [2.24, 2.45) is 0 Å². The maximum atomic E-state index is 14.0. The molecule has 0 aliphatic carbocycles. The van der Waals surface area contributed by atoms with E-state index in [1.807, 2.05) is 0 Å². The molecule has 18 heavy (non-hydrogen) atoms. The zero-order valence-electron chi connectivity index (χ0n) is 9.89. The van der Waals surface area contributed by atoms with Crippen LogP contribution in [0.5, 0.6) is 0 Å². The Balaban J connectivity index is 3.72. The third-order valence-electron chi connectivity index (χ3n) is 2.60. The van der Waals surface area contributed by atoms with Gasteiger partial charge in [-0.3, -0.25) is 0 Å². The fraction of sp³-hybridized carbons (Fsp3) is 0.333. The SMILES string of the molecule is CCN(CC)c1c(F)c(F)c(C#N)c(C#N)c1F. The van der Waals surface area contributed by atoms with Crippen LogP contribution in [0.3, 0.4) is 0 Å². The second-order valence-electron chi connectivity index (χ2n) is 3.44. The molecule has 0 spiro atoms. The van der Waals surface area contributed by atoms with Crippen molar-refractivity contribution in [1.29, 1.82) is 10.5 Å². The predicted octanol–water partition coefficient (Wildman–Crippen LogP) is 2.69. The molecule has 3 nitrogen and oxygen atoms in total. The van der Waals surface area contributed by atoms with Crippen LogP contribution in [-0.4, -0.2) is 13.1 Å². The van der Waals surface area contributed by atoms with Crippen LogP contribution in [0.1, 0.15) is 25.0 Å². The van der Waals surface area contributed by atoms with Gasteiger partial charge >= 0.3 is 0 Å². The van der Waals surface area contributed by atoms with Crippen molar-refractivity contribution in [2.75, 3.05) is 18.0 Å². The molecule has 0 amide bonds. The largest absolute Gasteiger partial charge is 0.367 e. The molecule has 0 saturated carbocycles. The third kappa shape index (κ3) is 1.98. The molecule has 0 heterocycles. The van der Waals surface area contributed by atoms with E-state index in [1.54, 1.807) is 13.8 Å². The zero-order chi connectivity index (χ0) is 13.9. The van der Waals surface area contributed by atoms with Gasteiger partial charge in [-0.25, -0.2) is 13.2 Å². The molecule has 0 fully saturated rings. The van der Waals surface area contributed by atoms with Gasteiger partial charge in [-0.05, 0) is 13.8 Å². The van der Waals surface area contributed by atoms with Gasteiger partial charge in [0.25, 0.3) is 0 Å². The molecule has 0 bridgehead atoms. The van der Waals surface area contributed by atoms with Gasteiger partial charge in [0.1, 0.15) is 29.0 Å². The number of hydrogen-bond donors (Lipinski definition) is 0. The molecule has 94 valence electrons. The van der Waals surface area contributed by atoms with E-state index in [0.29, 0.717) is 0 Å². The van der Waals surface area contributed by atoms with Crippen LogP contribution in [0.25, 0.3) is 0 Å². The summed E-state index contributed by atoms with van der Waals surface area (Å²) in [5.41, 5.74) is -2.27. The first-order chi connectivity index (χ1) is 8.53. The highest BCUT2D eigenvalue weighted by Crippen LogP contribution is 2.31. The van der Waals surface area contributed by atoms with E-state index >= 15 is 0 Å². The summed E-state index contributed by atoms with van der Waals surface area (Å²) in [6.07, 6.45) is 0. The van der Waals surface area contributed by atoms with Crippen molar-refractivity contribution in [3.63, 3.8) is 0 Å². The van der Waals surface area contributed by atoms with Crippen molar-refractivity contribution in [3.8, 4) is 12.1 Å². The van der Waals surface area contributed by atoms with Crippen LogP contribution in [0.15, 0.2) is 0 Å². The Morgan fingerprint density at radius 3 is 1.72 bits per heavy atom. The Bertz CT molecular complexity index is 551. The Labute approximate surface area is 103 Å². The molecule has 0 unspecified atom stereocenters. The number of halogens is 3. The number of benzene rings is 1. The van der Waals surface area contributed by atoms with E-state index in [4.69, 9.17) is 10.5 Å². The van der Waals surface area contributed by atoms with Gasteiger partial charge in [0, 0.05) is 13.1 Å². The molecule has 6 heteroatoms. The maximum absolute atomic E-state index is 14.0. The number of hydrogen-bond acceptors (Lipinski definition) is 3. The van der Waals surface area contributed by atoms with E-state index in [0.717, 1.165) is 0 Å². The first kappa shape index (κ1) is 13.9. The van der Waals surface area contributed by atoms with Crippen molar-refractivity contribution >= 4 is 5.69 Å². The van der Waals surface area contributed by atoms with E-state index in [9.17, 15) is 13.2 Å². The molecule has 0 aliphatic rings. The first-order valence-corrected chi connectivity index (χ1v) is 5.28. The van der Waals surface area contributed by atoms with E-state index in [1.165, 1.54) is 17.0 Å². The zero-order valence-corrected chi connectivity index (χ0v) is 9.89. The molecular formula is C12H10F3N3. The number of anilines is 1. The van der Waals surface area contributed by atoms with Gasteiger partial charge in [-0.15, -0.1) is 0 Å². The molecular weight excluding hydrogens is 243 g/mol. The maximum Gasteiger partial charge on any atom is 0.186 e. The highest BCUT2D eigenvalue weighted by molar-refractivity contribution is 5.60. The number of rotatable bonds is 3. The van der Waals surface area contributed by atoms with Crippen LogP contribution in [0.4, 0.5) is 18.9 Å². The molecule has 0 N–H and O–H groups in total. The van der Waals surface area contributed by atoms with Crippen molar-refractivity contribution in [2.45, 2.75) is 13.8 Å². The Morgan fingerprint density at radius 1 is 0.889 bits per heavy atom. The highest BCUT2D eigenvalue weighted by Gasteiger charge is 2.27. The van der Waals surface area contributed by atoms with Crippen molar-refractivity contribution in [3.05, 3.63) is 28.6 Å². The summed E-state index contributed by atoms with van der Waals surface area (Å²) in [4.78, 5) is 1.25. The average Bonchev–Trinajstić information content (AvgIpc) is 2.38. The van der Waals surface area contributed by atoms with Crippen molar-refractivity contribution in [1.82, 2.24) is 0 Å². The number of nitriles is 2. The van der Waals surface area contributed by atoms with Gasteiger partial charge in [-0.1, -0.05) is 0 Å². The first-order valence-electron chi connectivity index (χ1n) is 5.28. The lowest BCUT2D eigenvalue weighted by molar-refractivity contribution is 0.488. The molecule has 0 saturated heterocycles. The molecule has 1 rings (SSSR count). The lowest BCUT2D eigenvalue weighted by atomic mass is 10.1. The van der Waals surface area contributed by atoms with Crippen molar-refractivity contribution < 1.29 is 13.2 Å². The van der Waals surface area contributed by atoms with Crippen LogP contribution in [-0.2, 0) is 0 Å². The summed E-state index contributed by atoms with van der Waals surface area (Å²) in [6.45, 7) is 3.79. The third-order valence-corrected chi connectivity index (χ3v) is 2.60. The van der Waals surface area contributed by atoms with Gasteiger partial charge in [0.05, 0.1) is 0 Å². The molecule has 0 radical (unpaired) electrons. The topological polar surface area (TPSA) is 50.8 Å². The summed E-state index contributed by atoms with van der Waals surface area (Å²) in [5.74, 6) is -4.12. The lowest BCUT2D eigenvalue weighted by Gasteiger charge is -2.23. The quantitative estimate of drug-likeness (QED) is 0.778. The normalized spacial score (nSPS) is 9.72. The minimum Gasteiger partial charge on any atom is -0.367 e. The van der Waals surface area contributed by atoms with E-state index in [-0.39, 0.29) is 13.1 Å². The van der Waals surface area contributed by atoms with Gasteiger partial charge in [0.2, 0.25) is 0 Å². The summed E-state index contributed by atoms with van der Waals surface area (Å²) < 4.78 is 41.3. The summed E-state index contributed by atoms with van der Waals surface area (Å²) in [7, 11) is 0. The molecule has 0 aromatic heterocycles. The average molecular weight is 253 g/mol. The van der Waals surface area contributed by atoms with Crippen LogP contribution in [0.2, 0.25) is 0 Å². The fourth-order valence-corrected chi connectivity index (χ4v) is 1.68. The predicted molar refractivity (Wildman–Crippen MR) is 59.3 cm³/mol. The van der Waals surface area contributed by atoms with Crippen LogP contribution < -0.4 is 4.90 Å². The van der Waals surface area contributed by atoms with Gasteiger partial charge in [-0.2, -0.15) is 10.5 Å². The summed E-state index contributed by atoms with van der Waals surface area (Å²) in [6, 6.07) is 2.70. The fourth-order valence-electron chi connectivity index (χ4n) is 1.68. The number of nitrogens with zero attached hydrogens (tertiary/aromatic N) is 3. The van der Waals surface area contributed by atoms with Crippen LogP contribution in [0, 0.1) is 40.1 Å². The highest BCUT2D eigenvalue weighted by atomic mass is 19.2. The minimum absolute atomic E-state index is 0.251. The monoisotopic (exact) mass is 253 g/mol. The Morgan fingerprint density at radius 2 is 1.33 bits per heavy atom. The molecule has 1 aromatic rings. The van der Waals surface area contributed by atoms with E-state index in [2.05, 4.69) is 0 Å². The summed E-state index contributed by atoms with van der Waals surface area (Å²) in [5, 5.41) is 17.4. The standard InChI is InChI=1S/C12H10F3N3/c1-3-18(4-2)12-10(14)8(6-17)7(5-16)9(13)11(12)15/h3-4H2,1-2H3. The summed E-state index contributed by atoms with van der Waals surface area (Å²) >= 11 is 0. The second kappa shape index (κ2) is 5.42. The molecule has 0 aliphatic heterocycles. The Hall–Kier alpha value is -2.21. The molecule has 1 aromatic carbocycles. The van der Waals surface area contributed by atoms with E-state index < -0.39 is 34.3 Å². The van der Waals surface area contributed by atoms with Gasteiger partial charge in [0.15, 0.2) is 17.5 Å². The minimum atomic E-state index is -1.49. The molecule has 0 atom stereocenters. The smallest absolute Gasteiger partial charge is 0.186 e. The van der Waals surface area contributed by atoms with Crippen LogP contribution >= 0.6 is 0 Å². The lowest BCUT2D eigenvalue weighted by Crippen LogP contribution is -2.25. The Kier molecular flexibility index (Phi) is 4.17.